The first-order valence-electron chi connectivity index (χ1n) is 7.42. The maximum atomic E-state index is 4.44. The predicted molar refractivity (Wildman–Crippen MR) is 87.7 cm³/mol. The molecule has 0 radical (unpaired) electrons. The summed E-state index contributed by atoms with van der Waals surface area (Å²) in [7, 11) is 2.13. The lowest BCUT2D eigenvalue weighted by molar-refractivity contribution is 0.248. The molecule has 3 aromatic rings. The Bertz CT molecular complexity index is 690. The van der Waals surface area contributed by atoms with Gasteiger partial charge in [-0.05, 0) is 43.8 Å². The number of aromatic nitrogens is 3. The Morgan fingerprint density at radius 1 is 1.09 bits per heavy atom. The van der Waals surface area contributed by atoms with Crippen molar-refractivity contribution in [2.45, 2.75) is 19.5 Å². The lowest BCUT2D eigenvalue weighted by atomic mass is 10.1. The fourth-order valence-electron chi connectivity index (χ4n) is 2.46. The topological polar surface area (TPSA) is 34.0 Å². The van der Waals surface area contributed by atoms with Crippen LogP contribution in [0.15, 0.2) is 67.4 Å². The molecule has 1 atom stereocenters. The minimum absolute atomic E-state index is 0.287. The van der Waals surface area contributed by atoms with Gasteiger partial charge < -0.3 is 4.57 Å². The van der Waals surface area contributed by atoms with Crippen molar-refractivity contribution >= 4 is 0 Å². The average molecular weight is 292 g/mol. The summed E-state index contributed by atoms with van der Waals surface area (Å²) >= 11 is 0. The normalized spacial score (nSPS) is 12.5. The number of benzene rings is 1. The molecule has 0 bridgehead atoms. The van der Waals surface area contributed by atoms with Crippen LogP contribution >= 0.6 is 0 Å². The fraction of sp³-hybridized carbons (Fsp3) is 0.222. The molecule has 1 unspecified atom stereocenters. The van der Waals surface area contributed by atoms with Crippen molar-refractivity contribution in [3.05, 3.63) is 78.6 Å². The lowest BCUT2D eigenvalue weighted by Crippen LogP contribution is -2.22. The SMILES string of the molecule is CC(c1ccccn1)N(C)Cc1ccc(-n2ccnc2)cc1. The van der Waals surface area contributed by atoms with Crippen LogP contribution in [0.25, 0.3) is 5.69 Å². The summed E-state index contributed by atoms with van der Waals surface area (Å²) in [5.41, 5.74) is 3.51. The van der Waals surface area contributed by atoms with E-state index in [0.717, 1.165) is 17.9 Å². The highest BCUT2D eigenvalue weighted by molar-refractivity contribution is 5.34. The van der Waals surface area contributed by atoms with Crippen LogP contribution in [-0.4, -0.2) is 26.5 Å². The van der Waals surface area contributed by atoms with E-state index in [1.165, 1.54) is 5.56 Å². The molecule has 0 aliphatic carbocycles. The molecular formula is C18H20N4. The molecule has 2 heterocycles. The van der Waals surface area contributed by atoms with Crippen molar-refractivity contribution < 1.29 is 0 Å². The zero-order valence-corrected chi connectivity index (χ0v) is 12.9. The van der Waals surface area contributed by atoms with Crippen molar-refractivity contribution in [3.8, 4) is 5.69 Å². The van der Waals surface area contributed by atoms with Gasteiger partial charge in [-0.3, -0.25) is 9.88 Å². The number of hydrogen-bond acceptors (Lipinski definition) is 3. The first kappa shape index (κ1) is 14.5. The molecule has 0 saturated heterocycles. The molecule has 3 rings (SSSR count). The number of hydrogen-bond donors (Lipinski definition) is 0. The molecule has 112 valence electrons. The summed E-state index contributed by atoms with van der Waals surface area (Å²) in [5.74, 6) is 0. The molecule has 2 aromatic heterocycles. The first-order chi connectivity index (χ1) is 10.7. The second-order valence-corrected chi connectivity index (χ2v) is 5.48. The third-order valence-corrected chi connectivity index (χ3v) is 3.95. The summed E-state index contributed by atoms with van der Waals surface area (Å²) in [5, 5.41) is 0. The maximum Gasteiger partial charge on any atom is 0.0991 e. The summed E-state index contributed by atoms with van der Waals surface area (Å²) in [4.78, 5) is 10.8. The highest BCUT2D eigenvalue weighted by Crippen LogP contribution is 2.19. The number of pyridine rings is 1. The minimum atomic E-state index is 0.287. The summed E-state index contributed by atoms with van der Waals surface area (Å²) < 4.78 is 2.00. The van der Waals surface area contributed by atoms with Gasteiger partial charge in [-0.25, -0.2) is 4.98 Å². The molecule has 0 fully saturated rings. The van der Waals surface area contributed by atoms with Gasteiger partial charge in [-0.2, -0.15) is 0 Å². The van der Waals surface area contributed by atoms with E-state index in [2.05, 4.69) is 59.2 Å². The second-order valence-electron chi connectivity index (χ2n) is 5.48. The van der Waals surface area contributed by atoms with Crippen LogP contribution < -0.4 is 0 Å². The third-order valence-electron chi connectivity index (χ3n) is 3.95. The number of rotatable bonds is 5. The Morgan fingerprint density at radius 2 is 1.91 bits per heavy atom. The molecule has 4 heteroatoms. The van der Waals surface area contributed by atoms with E-state index in [-0.39, 0.29) is 6.04 Å². The van der Waals surface area contributed by atoms with Crippen molar-refractivity contribution in [1.82, 2.24) is 19.4 Å². The Labute approximate surface area is 131 Å². The van der Waals surface area contributed by atoms with Crippen LogP contribution in [0.3, 0.4) is 0 Å². The van der Waals surface area contributed by atoms with Gasteiger partial charge in [0.15, 0.2) is 0 Å². The van der Waals surface area contributed by atoms with Gasteiger partial charge in [-0.15, -0.1) is 0 Å². The zero-order chi connectivity index (χ0) is 15.4. The lowest BCUT2D eigenvalue weighted by Gasteiger charge is -2.24. The van der Waals surface area contributed by atoms with E-state index in [1.807, 2.05) is 35.4 Å². The molecule has 22 heavy (non-hydrogen) atoms. The largest absolute Gasteiger partial charge is 0.306 e. The molecular weight excluding hydrogens is 272 g/mol. The fourth-order valence-corrected chi connectivity index (χ4v) is 2.46. The number of nitrogens with zero attached hydrogens (tertiary/aromatic N) is 4. The quantitative estimate of drug-likeness (QED) is 0.722. The van der Waals surface area contributed by atoms with Crippen molar-refractivity contribution in [2.24, 2.45) is 0 Å². The molecule has 4 nitrogen and oxygen atoms in total. The molecule has 0 aliphatic heterocycles. The van der Waals surface area contributed by atoms with Crippen LogP contribution in [-0.2, 0) is 6.54 Å². The molecule has 0 spiro atoms. The summed E-state index contributed by atoms with van der Waals surface area (Å²) in [6.45, 7) is 3.07. The average Bonchev–Trinajstić information content (AvgIpc) is 3.10. The molecule has 0 N–H and O–H groups in total. The summed E-state index contributed by atoms with van der Waals surface area (Å²) in [6, 6.07) is 14.9. The van der Waals surface area contributed by atoms with Gasteiger partial charge in [0.2, 0.25) is 0 Å². The second kappa shape index (κ2) is 6.54. The Balaban J connectivity index is 1.68. The van der Waals surface area contributed by atoms with Gasteiger partial charge in [0.25, 0.3) is 0 Å². The first-order valence-corrected chi connectivity index (χ1v) is 7.42. The summed E-state index contributed by atoms with van der Waals surface area (Å²) in [6.07, 6.45) is 7.39. The van der Waals surface area contributed by atoms with E-state index in [9.17, 15) is 0 Å². The van der Waals surface area contributed by atoms with Crippen molar-refractivity contribution in [2.75, 3.05) is 7.05 Å². The van der Waals surface area contributed by atoms with Crippen molar-refractivity contribution in [3.63, 3.8) is 0 Å². The highest BCUT2D eigenvalue weighted by Gasteiger charge is 2.12. The Morgan fingerprint density at radius 3 is 2.55 bits per heavy atom. The van der Waals surface area contributed by atoms with E-state index < -0.39 is 0 Å². The smallest absolute Gasteiger partial charge is 0.0991 e. The van der Waals surface area contributed by atoms with Crippen LogP contribution in [0.1, 0.15) is 24.2 Å². The van der Waals surface area contributed by atoms with E-state index >= 15 is 0 Å². The Hall–Kier alpha value is -2.46. The monoisotopic (exact) mass is 292 g/mol. The van der Waals surface area contributed by atoms with Gasteiger partial charge in [0.1, 0.15) is 0 Å². The van der Waals surface area contributed by atoms with E-state index in [1.54, 1.807) is 6.20 Å². The van der Waals surface area contributed by atoms with Crippen LogP contribution in [0.4, 0.5) is 0 Å². The number of imidazole rings is 1. The molecule has 0 saturated carbocycles. The predicted octanol–water partition coefficient (Wildman–Crippen LogP) is 3.46. The van der Waals surface area contributed by atoms with Gasteiger partial charge in [0.05, 0.1) is 12.0 Å². The van der Waals surface area contributed by atoms with Crippen LogP contribution in [0, 0.1) is 0 Å². The Kier molecular flexibility index (Phi) is 4.30. The standard InChI is InChI=1S/C18H20N4/c1-15(18-5-3-4-10-20-18)21(2)13-16-6-8-17(9-7-16)22-12-11-19-14-22/h3-12,14-15H,13H2,1-2H3. The van der Waals surface area contributed by atoms with Gasteiger partial charge in [-0.1, -0.05) is 18.2 Å². The van der Waals surface area contributed by atoms with E-state index in [4.69, 9.17) is 0 Å². The van der Waals surface area contributed by atoms with Gasteiger partial charge in [0, 0.05) is 36.9 Å². The minimum Gasteiger partial charge on any atom is -0.306 e. The zero-order valence-electron chi connectivity index (χ0n) is 12.9. The van der Waals surface area contributed by atoms with Gasteiger partial charge >= 0.3 is 0 Å². The molecule has 0 amide bonds. The molecule has 0 aliphatic rings. The third kappa shape index (κ3) is 3.23. The van der Waals surface area contributed by atoms with Crippen LogP contribution in [0.5, 0.6) is 0 Å². The maximum absolute atomic E-state index is 4.44. The highest BCUT2D eigenvalue weighted by atomic mass is 15.1. The molecule has 1 aromatic carbocycles. The van der Waals surface area contributed by atoms with Crippen molar-refractivity contribution in [1.29, 1.82) is 0 Å². The van der Waals surface area contributed by atoms with Crippen LogP contribution in [0.2, 0.25) is 0 Å². The van der Waals surface area contributed by atoms with E-state index in [0.29, 0.717) is 0 Å².